The van der Waals surface area contributed by atoms with Crippen LogP contribution in [0.25, 0.3) is 0 Å². The fourth-order valence-electron chi connectivity index (χ4n) is 1.90. The van der Waals surface area contributed by atoms with Gasteiger partial charge in [-0.1, -0.05) is 0 Å². The molecule has 0 radical (unpaired) electrons. The zero-order valence-corrected chi connectivity index (χ0v) is 14.4. The SMILES string of the molecule is Cc1sc(Br)cc1S(=O)(=O)NC(C)c1cc(F)ccc1F. The summed E-state index contributed by atoms with van der Waals surface area (Å²) in [6.07, 6.45) is 0. The zero-order chi connectivity index (χ0) is 15.8. The second-order valence-electron chi connectivity index (χ2n) is 4.48. The highest BCUT2D eigenvalue weighted by atomic mass is 79.9. The number of halogens is 3. The molecular formula is C13H12BrF2NO2S2. The van der Waals surface area contributed by atoms with Crippen molar-refractivity contribution in [2.75, 3.05) is 0 Å². The van der Waals surface area contributed by atoms with E-state index in [4.69, 9.17) is 0 Å². The molecule has 0 aliphatic carbocycles. The van der Waals surface area contributed by atoms with Gasteiger partial charge in [0.1, 0.15) is 11.6 Å². The van der Waals surface area contributed by atoms with E-state index in [0.29, 0.717) is 8.66 Å². The molecule has 114 valence electrons. The summed E-state index contributed by atoms with van der Waals surface area (Å²) in [5.41, 5.74) is -0.0366. The van der Waals surface area contributed by atoms with Crippen molar-refractivity contribution in [2.45, 2.75) is 24.8 Å². The number of sulfonamides is 1. The molecule has 1 N–H and O–H groups in total. The maximum Gasteiger partial charge on any atom is 0.242 e. The molecule has 2 aromatic rings. The highest BCUT2D eigenvalue weighted by molar-refractivity contribution is 9.11. The summed E-state index contributed by atoms with van der Waals surface area (Å²) < 4.78 is 54.5. The second kappa shape index (κ2) is 6.12. The predicted molar refractivity (Wildman–Crippen MR) is 81.9 cm³/mol. The molecule has 0 amide bonds. The second-order valence-corrected chi connectivity index (χ2v) is 8.80. The highest BCUT2D eigenvalue weighted by Gasteiger charge is 2.23. The van der Waals surface area contributed by atoms with Crippen LogP contribution in [0.2, 0.25) is 0 Å². The summed E-state index contributed by atoms with van der Waals surface area (Å²) in [5, 5.41) is 0. The summed E-state index contributed by atoms with van der Waals surface area (Å²) in [7, 11) is -3.81. The van der Waals surface area contributed by atoms with E-state index < -0.39 is 27.7 Å². The fraction of sp³-hybridized carbons (Fsp3) is 0.231. The van der Waals surface area contributed by atoms with Crippen LogP contribution in [-0.2, 0) is 10.0 Å². The first kappa shape index (κ1) is 16.5. The van der Waals surface area contributed by atoms with Crippen LogP contribution in [0.3, 0.4) is 0 Å². The number of hydrogen-bond acceptors (Lipinski definition) is 3. The Bertz CT molecular complexity index is 774. The summed E-state index contributed by atoms with van der Waals surface area (Å²) in [5.74, 6) is -1.28. The van der Waals surface area contributed by atoms with Gasteiger partial charge in [0.15, 0.2) is 0 Å². The summed E-state index contributed by atoms with van der Waals surface area (Å²) >= 11 is 4.51. The smallest absolute Gasteiger partial charge is 0.207 e. The summed E-state index contributed by atoms with van der Waals surface area (Å²) in [4.78, 5) is 0.740. The Labute approximate surface area is 134 Å². The van der Waals surface area contributed by atoms with Gasteiger partial charge in [-0.2, -0.15) is 0 Å². The fourth-order valence-corrected chi connectivity index (χ4v) is 5.54. The van der Waals surface area contributed by atoms with Crippen molar-refractivity contribution in [3.05, 3.63) is 50.1 Å². The lowest BCUT2D eigenvalue weighted by atomic mass is 10.1. The number of hydrogen-bond donors (Lipinski definition) is 1. The molecule has 0 aliphatic heterocycles. The average Bonchev–Trinajstić information content (AvgIpc) is 2.71. The first-order chi connectivity index (χ1) is 9.70. The molecule has 1 atom stereocenters. The van der Waals surface area contributed by atoms with Gasteiger partial charge in [0.05, 0.1) is 8.68 Å². The molecule has 0 saturated heterocycles. The van der Waals surface area contributed by atoms with E-state index in [1.165, 1.54) is 24.3 Å². The van der Waals surface area contributed by atoms with Crippen molar-refractivity contribution in [1.82, 2.24) is 4.72 Å². The Morgan fingerprint density at radius 3 is 2.52 bits per heavy atom. The lowest BCUT2D eigenvalue weighted by molar-refractivity contribution is 0.541. The number of aryl methyl sites for hydroxylation is 1. The molecule has 2 rings (SSSR count). The van der Waals surface area contributed by atoms with Crippen LogP contribution in [0, 0.1) is 18.6 Å². The van der Waals surface area contributed by atoms with Crippen LogP contribution >= 0.6 is 27.3 Å². The van der Waals surface area contributed by atoms with Crippen LogP contribution in [0.5, 0.6) is 0 Å². The minimum atomic E-state index is -3.81. The van der Waals surface area contributed by atoms with Crippen LogP contribution in [0.4, 0.5) is 8.78 Å². The number of nitrogens with one attached hydrogen (secondary N) is 1. The van der Waals surface area contributed by atoms with Crippen LogP contribution in [0.15, 0.2) is 32.9 Å². The number of thiophene rings is 1. The van der Waals surface area contributed by atoms with Gasteiger partial charge >= 0.3 is 0 Å². The van der Waals surface area contributed by atoms with E-state index in [1.54, 1.807) is 6.92 Å². The highest BCUT2D eigenvalue weighted by Crippen LogP contribution is 2.30. The molecule has 1 aromatic carbocycles. The minimum Gasteiger partial charge on any atom is -0.207 e. The molecule has 0 fully saturated rings. The van der Waals surface area contributed by atoms with Gasteiger partial charge in [0.25, 0.3) is 0 Å². The van der Waals surface area contributed by atoms with Gasteiger partial charge < -0.3 is 0 Å². The maximum absolute atomic E-state index is 13.7. The molecule has 1 aromatic heterocycles. The average molecular weight is 396 g/mol. The summed E-state index contributed by atoms with van der Waals surface area (Å²) in [6.45, 7) is 3.14. The van der Waals surface area contributed by atoms with Crippen molar-refractivity contribution >= 4 is 37.3 Å². The predicted octanol–water partition coefficient (Wildman–Crippen LogP) is 4.14. The third kappa shape index (κ3) is 3.68. The zero-order valence-electron chi connectivity index (χ0n) is 11.2. The molecular weight excluding hydrogens is 384 g/mol. The largest absolute Gasteiger partial charge is 0.242 e. The van der Waals surface area contributed by atoms with E-state index in [2.05, 4.69) is 20.7 Å². The Balaban J connectivity index is 2.32. The number of rotatable bonds is 4. The molecule has 0 saturated carbocycles. The van der Waals surface area contributed by atoms with Gasteiger partial charge in [-0.3, -0.25) is 0 Å². The molecule has 3 nitrogen and oxygen atoms in total. The van der Waals surface area contributed by atoms with Crippen molar-refractivity contribution in [3.8, 4) is 0 Å². The lowest BCUT2D eigenvalue weighted by Crippen LogP contribution is -2.27. The van der Waals surface area contributed by atoms with Crippen molar-refractivity contribution in [2.24, 2.45) is 0 Å². The molecule has 0 bridgehead atoms. The van der Waals surface area contributed by atoms with Crippen LogP contribution in [0.1, 0.15) is 23.4 Å². The Hall–Kier alpha value is -0.830. The maximum atomic E-state index is 13.7. The third-order valence-corrected chi connectivity index (χ3v) is 6.24. The quantitative estimate of drug-likeness (QED) is 0.845. The van der Waals surface area contributed by atoms with Gasteiger partial charge in [0.2, 0.25) is 10.0 Å². The third-order valence-electron chi connectivity index (χ3n) is 2.89. The van der Waals surface area contributed by atoms with Crippen molar-refractivity contribution in [1.29, 1.82) is 0 Å². The van der Waals surface area contributed by atoms with Crippen LogP contribution < -0.4 is 4.72 Å². The summed E-state index contributed by atoms with van der Waals surface area (Å²) in [6, 6.07) is 3.54. The molecule has 0 aliphatic rings. The Kier molecular flexibility index (Phi) is 4.82. The molecule has 0 spiro atoms. The first-order valence-corrected chi connectivity index (χ1v) is 9.03. The van der Waals surface area contributed by atoms with E-state index >= 15 is 0 Å². The van der Waals surface area contributed by atoms with Gasteiger partial charge in [-0.25, -0.2) is 21.9 Å². The molecule has 1 unspecified atom stereocenters. The van der Waals surface area contributed by atoms with Crippen LogP contribution in [-0.4, -0.2) is 8.42 Å². The van der Waals surface area contributed by atoms with E-state index in [1.807, 2.05) is 0 Å². The van der Waals surface area contributed by atoms with E-state index in [-0.39, 0.29) is 10.5 Å². The van der Waals surface area contributed by atoms with Gasteiger partial charge in [-0.15, -0.1) is 11.3 Å². The standard InChI is InChI=1S/C13H12BrF2NO2S2/c1-7(10-5-9(15)3-4-11(10)16)17-21(18,19)12-6-13(14)20-8(12)2/h3-7,17H,1-2H3. The Morgan fingerprint density at radius 1 is 1.29 bits per heavy atom. The number of benzene rings is 1. The monoisotopic (exact) mass is 395 g/mol. The normalized spacial score (nSPS) is 13.4. The van der Waals surface area contributed by atoms with Crippen molar-refractivity contribution in [3.63, 3.8) is 0 Å². The molecule has 21 heavy (non-hydrogen) atoms. The Morgan fingerprint density at radius 2 is 1.95 bits per heavy atom. The lowest BCUT2D eigenvalue weighted by Gasteiger charge is -2.15. The minimum absolute atomic E-state index is 0.0366. The molecule has 1 heterocycles. The van der Waals surface area contributed by atoms with Crippen molar-refractivity contribution < 1.29 is 17.2 Å². The topological polar surface area (TPSA) is 46.2 Å². The first-order valence-electron chi connectivity index (χ1n) is 5.94. The van der Waals surface area contributed by atoms with E-state index in [9.17, 15) is 17.2 Å². The molecule has 8 heteroatoms. The van der Waals surface area contributed by atoms with Gasteiger partial charge in [0, 0.05) is 16.5 Å². The van der Waals surface area contributed by atoms with Gasteiger partial charge in [-0.05, 0) is 54.0 Å². The van der Waals surface area contributed by atoms with E-state index in [0.717, 1.165) is 18.2 Å².